The van der Waals surface area contributed by atoms with Gasteiger partial charge in [0.1, 0.15) is 0 Å². The topological polar surface area (TPSA) is 26.3 Å². The molecule has 0 bridgehead atoms. The Morgan fingerprint density at radius 1 is 1.00 bits per heavy atom. The van der Waals surface area contributed by atoms with Gasteiger partial charge in [0, 0.05) is 13.0 Å². The maximum absolute atomic E-state index is 12.0. The van der Waals surface area contributed by atoms with Gasteiger partial charge in [0.15, 0.2) is 5.12 Å². The molecule has 2 aromatic rings. The van der Waals surface area contributed by atoms with Gasteiger partial charge in [-0.05, 0) is 27.1 Å². The molecule has 2 rings (SSSR count). The highest BCUT2D eigenvalue weighted by Crippen LogP contribution is 2.37. The Bertz CT molecular complexity index is 671. The molecule has 0 aromatic heterocycles. The average Bonchev–Trinajstić information content (AvgIpc) is 2.63. The summed E-state index contributed by atoms with van der Waals surface area (Å²) in [4.78, 5) is 12.0. The van der Waals surface area contributed by atoms with E-state index < -0.39 is 8.32 Å². The normalized spacial score (nSPS) is 13.4. The van der Waals surface area contributed by atoms with E-state index in [1.807, 2.05) is 6.92 Å². The van der Waals surface area contributed by atoms with E-state index in [1.165, 1.54) is 22.1 Å². The Morgan fingerprint density at radius 2 is 1.48 bits per heavy atom. The number of thioether (sulfide) groups is 1. The molecule has 146 valence electrons. The van der Waals surface area contributed by atoms with E-state index in [0.717, 1.165) is 5.75 Å². The lowest BCUT2D eigenvalue weighted by Crippen LogP contribution is -2.66. The van der Waals surface area contributed by atoms with Crippen LogP contribution in [0.4, 0.5) is 0 Å². The number of hydrogen-bond acceptors (Lipinski definition) is 3. The van der Waals surface area contributed by atoms with Crippen molar-refractivity contribution in [2.24, 2.45) is 5.92 Å². The number of hydrogen-bond donors (Lipinski definition) is 0. The fourth-order valence-electron chi connectivity index (χ4n) is 3.59. The fourth-order valence-corrected chi connectivity index (χ4v) is 9.01. The zero-order valence-electron chi connectivity index (χ0n) is 17.2. The second-order valence-corrected chi connectivity index (χ2v) is 13.7. The van der Waals surface area contributed by atoms with Crippen LogP contribution in [0.3, 0.4) is 0 Å². The minimum absolute atomic E-state index is 0.0302. The first-order valence-corrected chi connectivity index (χ1v) is 12.6. The number of carbonyl (C=O) groups excluding carboxylic acids is 1. The number of rotatable bonds is 8. The first kappa shape index (κ1) is 21.9. The molecule has 0 amide bonds. The van der Waals surface area contributed by atoms with E-state index in [9.17, 15) is 4.79 Å². The van der Waals surface area contributed by atoms with Gasteiger partial charge in [0.05, 0.1) is 0 Å². The lowest BCUT2D eigenvalue weighted by Gasteiger charge is -2.43. The van der Waals surface area contributed by atoms with Crippen molar-refractivity contribution in [2.45, 2.75) is 46.1 Å². The highest BCUT2D eigenvalue weighted by molar-refractivity contribution is 8.13. The van der Waals surface area contributed by atoms with Crippen LogP contribution in [0, 0.1) is 5.92 Å². The molecule has 2 aromatic carbocycles. The van der Waals surface area contributed by atoms with Gasteiger partial charge in [-0.2, -0.15) is 0 Å². The van der Waals surface area contributed by atoms with Crippen LogP contribution < -0.4 is 10.4 Å². The Kier molecular flexibility index (Phi) is 7.89. The first-order chi connectivity index (χ1) is 12.8. The van der Waals surface area contributed by atoms with Crippen molar-refractivity contribution in [3.05, 3.63) is 60.7 Å². The molecule has 0 spiro atoms. The van der Waals surface area contributed by atoms with E-state index in [1.54, 1.807) is 0 Å². The zero-order valence-corrected chi connectivity index (χ0v) is 19.0. The van der Waals surface area contributed by atoms with E-state index in [2.05, 4.69) is 88.4 Å². The molecule has 0 saturated carbocycles. The lowest BCUT2D eigenvalue weighted by atomic mass is 10.1. The van der Waals surface area contributed by atoms with E-state index >= 15 is 0 Å². The van der Waals surface area contributed by atoms with Crippen molar-refractivity contribution in [2.75, 3.05) is 12.4 Å². The molecular formula is C23H32O2SSi. The lowest BCUT2D eigenvalue weighted by molar-refractivity contribution is -0.111. The Labute approximate surface area is 169 Å². The van der Waals surface area contributed by atoms with Crippen LogP contribution in [0.25, 0.3) is 0 Å². The highest BCUT2D eigenvalue weighted by atomic mass is 32.2. The van der Waals surface area contributed by atoms with Crippen molar-refractivity contribution in [1.29, 1.82) is 0 Å². The zero-order chi connectivity index (χ0) is 19.9. The second kappa shape index (κ2) is 9.72. The summed E-state index contributed by atoms with van der Waals surface area (Å²) in [7, 11) is -2.50. The largest absolute Gasteiger partial charge is 0.407 e. The fraction of sp³-hybridized carbons (Fsp3) is 0.435. The molecule has 1 atom stereocenters. The van der Waals surface area contributed by atoms with Crippen molar-refractivity contribution < 1.29 is 9.22 Å². The quantitative estimate of drug-likeness (QED) is 0.591. The SMILES string of the molecule is CCSC(=O)C[C@H](C)CO[Si](c1ccccc1)(c1ccccc1)C(C)(C)C. The minimum atomic E-state index is -2.50. The summed E-state index contributed by atoms with van der Waals surface area (Å²) < 4.78 is 6.88. The predicted molar refractivity (Wildman–Crippen MR) is 120 cm³/mol. The maximum atomic E-state index is 12.0. The van der Waals surface area contributed by atoms with Crippen molar-refractivity contribution in [3.8, 4) is 0 Å². The smallest absolute Gasteiger partial charge is 0.261 e. The van der Waals surface area contributed by atoms with E-state index in [-0.39, 0.29) is 16.1 Å². The molecule has 0 unspecified atom stereocenters. The molecule has 0 aliphatic carbocycles. The standard InChI is InChI=1S/C23H32O2SSi/c1-6-26-22(24)17-19(2)18-25-27(23(3,4)5,20-13-9-7-10-14-20)21-15-11-8-12-16-21/h7-16,19H,6,17-18H2,1-5H3/t19-/m0/s1. The van der Waals surface area contributed by atoms with Crippen LogP contribution in [0.2, 0.25) is 5.04 Å². The Hall–Kier alpha value is -1.36. The third kappa shape index (κ3) is 5.34. The summed E-state index contributed by atoms with van der Waals surface area (Å²) in [6.07, 6.45) is 0.566. The van der Waals surface area contributed by atoms with Gasteiger partial charge in [0.25, 0.3) is 8.32 Å². The predicted octanol–water partition coefficient (Wildman–Crippen LogP) is 4.87. The molecule has 27 heavy (non-hydrogen) atoms. The van der Waals surface area contributed by atoms with Crippen LogP contribution in [0.1, 0.15) is 41.0 Å². The van der Waals surface area contributed by atoms with Gasteiger partial charge < -0.3 is 4.43 Å². The number of carbonyl (C=O) groups is 1. The molecule has 0 heterocycles. The second-order valence-electron chi connectivity index (χ2n) is 8.09. The molecule has 2 nitrogen and oxygen atoms in total. The van der Waals surface area contributed by atoms with Gasteiger partial charge in [-0.3, -0.25) is 4.79 Å². The monoisotopic (exact) mass is 400 g/mol. The summed E-state index contributed by atoms with van der Waals surface area (Å²) in [5, 5.41) is 2.80. The molecule has 0 saturated heterocycles. The third-order valence-electron chi connectivity index (χ3n) is 4.82. The minimum Gasteiger partial charge on any atom is -0.407 e. The van der Waals surface area contributed by atoms with Crippen molar-refractivity contribution in [3.63, 3.8) is 0 Å². The molecule has 0 fully saturated rings. The average molecular weight is 401 g/mol. The van der Waals surface area contributed by atoms with Crippen LogP contribution in [0.5, 0.6) is 0 Å². The van der Waals surface area contributed by atoms with Crippen LogP contribution in [0.15, 0.2) is 60.7 Å². The van der Waals surface area contributed by atoms with E-state index in [0.29, 0.717) is 13.0 Å². The van der Waals surface area contributed by atoms with Gasteiger partial charge >= 0.3 is 0 Å². The molecule has 0 aliphatic rings. The van der Waals surface area contributed by atoms with Gasteiger partial charge in [0.2, 0.25) is 0 Å². The van der Waals surface area contributed by atoms with E-state index in [4.69, 9.17) is 4.43 Å². The van der Waals surface area contributed by atoms with Crippen LogP contribution in [-0.2, 0) is 9.22 Å². The van der Waals surface area contributed by atoms with Crippen LogP contribution >= 0.6 is 11.8 Å². The summed E-state index contributed by atoms with van der Waals surface area (Å²) in [6, 6.07) is 21.3. The Balaban J connectivity index is 2.39. The number of benzene rings is 2. The summed E-state index contributed by atoms with van der Waals surface area (Å²) in [5.74, 6) is 1.04. The molecule has 0 aliphatic heterocycles. The van der Waals surface area contributed by atoms with Gasteiger partial charge in [-0.15, -0.1) is 0 Å². The molecule has 0 radical (unpaired) electrons. The van der Waals surface area contributed by atoms with Crippen LogP contribution in [-0.4, -0.2) is 25.8 Å². The summed E-state index contributed by atoms with van der Waals surface area (Å²) >= 11 is 1.41. The van der Waals surface area contributed by atoms with Gasteiger partial charge in [-0.1, -0.05) is 107 Å². The van der Waals surface area contributed by atoms with Crippen molar-refractivity contribution >= 4 is 35.6 Å². The molecule has 0 N–H and O–H groups in total. The molecule has 4 heteroatoms. The summed E-state index contributed by atoms with van der Waals surface area (Å²) in [6.45, 7) is 11.6. The maximum Gasteiger partial charge on any atom is 0.261 e. The molecular weight excluding hydrogens is 368 g/mol. The Morgan fingerprint density at radius 3 is 1.89 bits per heavy atom. The first-order valence-electron chi connectivity index (χ1n) is 9.72. The third-order valence-corrected chi connectivity index (χ3v) is 10.6. The summed E-state index contributed by atoms with van der Waals surface area (Å²) in [5.41, 5.74) is 0. The van der Waals surface area contributed by atoms with Gasteiger partial charge in [-0.25, -0.2) is 0 Å². The van der Waals surface area contributed by atoms with Crippen molar-refractivity contribution in [1.82, 2.24) is 0 Å². The highest BCUT2D eigenvalue weighted by Gasteiger charge is 2.50.